The number of carbonyl (C=O) groups is 1. The van der Waals surface area contributed by atoms with Crippen molar-refractivity contribution in [3.8, 4) is 11.4 Å². The standard InChI is InChI=1S/C21H22ClN3O2/c1-12(2)18(23-20(26)15-8-5-13(3)6-9-15)21-24-19(25-27-21)16-10-7-14(4)17(22)11-16/h5-12,18H,1-4H3,(H,23,26)/t18-/m1/s1. The van der Waals surface area contributed by atoms with Gasteiger partial charge in [-0.05, 0) is 43.5 Å². The van der Waals surface area contributed by atoms with Gasteiger partial charge < -0.3 is 9.84 Å². The Morgan fingerprint density at radius 2 is 1.81 bits per heavy atom. The molecule has 0 saturated heterocycles. The van der Waals surface area contributed by atoms with Gasteiger partial charge in [0.05, 0.1) is 0 Å². The summed E-state index contributed by atoms with van der Waals surface area (Å²) < 4.78 is 5.45. The van der Waals surface area contributed by atoms with Gasteiger partial charge in [0.15, 0.2) is 0 Å². The summed E-state index contributed by atoms with van der Waals surface area (Å²) in [6.45, 7) is 7.90. The lowest BCUT2D eigenvalue weighted by Gasteiger charge is -2.18. The topological polar surface area (TPSA) is 68.0 Å². The van der Waals surface area contributed by atoms with Gasteiger partial charge in [-0.3, -0.25) is 4.79 Å². The van der Waals surface area contributed by atoms with E-state index in [1.807, 2.05) is 52.0 Å². The Morgan fingerprint density at radius 1 is 1.11 bits per heavy atom. The van der Waals surface area contributed by atoms with Crippen molar-refractivity contribution in [1.29, 1.82) is 0 Å². The average Bonchev–Trinajstić information content (AvgIpc) is 3.11. The SMILES string of the molecule is Cc1ccc(C(=O)N[C@@H](c2nc(-c3ccc(C)c(Cl)c3)no2)C(C)C)cc1. The van der Waals surface area contributed by atoms with E-state index < -0.39 is 0 Å². The third-order valence-electron chi connectivity index (χ3n) is 4.40. The van der Waals surface area contributed by atoms with Crippen LogP contribution < -0.4 is 5.32 Å². The highest BCUT2D eigenvalue weighted by Crippen LogP contribution is 2.26. The fourth-order valence-electron chi connectivity index (χ4n) is 2.65. The number of aryl methyl sites for hydroxylation is 2. The Morgan fingerprint density at radius 3 is 2.44 bits per heavy atom. The number of benzene rings is 2. The summed E-state index contributed by atoms with van der Waals surface area (Å²) in [4.78, 5) is 17.1. The molecule has 1 amide bonds. The zero-order valence-corrected chi connectivity index (χ0v) is 16.5. The van der Waals surface area contributed by atoms with Gasteiger partial charge >= 0.3 is 0 Å². The Bertz CT molecular complexity index is 948. The quantitative estimate of drug-likeness (QED) is 0.662. The molecule has 0 unspecified atom stereocenters. The van der Waals surface area contributed by atoms with Crippen LogP contribution in [0.5, 0.6) is 0 Å². The normalized spacial score (nSPS) is 12.2. The predicted octanol–water partition coefficient (Wildman–Crippen LogP) is 5.13. The number of hydrogen-bond acceptors (Lipinski definition) is 4. The largest absolute Gasteiger partial charge is 0.340 e. The van der Waals surface area contributed by atoms with Crippen molar-refractivity contribution in [3.05, 3.63) is 70.1 Å². The number of rotatable bonds is 5. The van der Waals surface area contributed by atoms with Gasteiger partial charge in [0, 0.05) is 16.1 Å². The maximum Gasteiger partial charge on any atom is 0.251 e. The smallest absolute Gasteiger partial charge is 0.251 e. The van der Waals surface area contributed by atoms with Crippen molar-refractivity contribution < 1.29 is 9.32 Å². The van der Waals surface area contributed by atoms with Crippen LogP contribution in [0.4, 0.5) is 0 Å². The second-order valence-electron chi connectivity index (χ2n) is 6.98. The van der Waals surface area contributed by atoms with E-state index in [2.05, 4.69) is 15.5 Å². The Labute approximate surface area is 163 Å². The maximum atomic E-state index is 12.6. The molecular weight excluding hydrogens is 362 g/mol. The molecule has 0 aliphatic carbocycles. The second kappa shape index (κ2) is 7.92. The second-order valence-corrected chi connectivity index (χ2v) is 7.39. The molecule has 5 nitrogen and oxygen atoms in total. The number of nitrogens with zero attached hydrogens (tertiary/aromatic N) is 2. The zero-order chi connectivity index (χ0) is 19.6. The molecule has 1 aromatic heterocycles. The van der Waals surface area contributed by atoms with Crippen LogP contribution in [0.15, 0.2) is 47.0 Å². The van der Waals surface area contributed by atoms with Gasteiger partial charge in [0.2, 0.25) is 11.7 Å². The van der Waals surface area contributed by atoms with Crippen molar-refractivity contribution in [2.24, 2.45) is 5.92 Å². The third-order valence-corrected chi connectivity index (χ3v) is 4.81. The molecule has 6 heteroatoms. The molecule has 0 aliphatic heterocycles. The van der Waals surface area contributed by atoms with Crippen molar-refractivity contribution >= 4 is 17.5 Å². The first kappa shape index (κ1) is 19.1. The van der Waals surface area contributed by atoms with Crippen LogP contribution in [0.25, 0.3) is 11.4 Å². The fraction of sp³-hybridized carbons (Fsp3) is 0.286. The van der Waals surface area contributed by atoms with Crippen LogP contribution >= 0.6 is 11.6 Å². The van der Waals surface area contributed by atoms with E-state index in [1.165, 1.54) is 0 Å². The van der Waals surface area contributed by atoms with Crippen LogP contribution in [-0.4, -0.2) is 16.0 Å². The summed E-state index contributed by atoms with van der Waals surface area (Å²) in [6, 6.07) is 12.6. The van der Waals surface area contributed by atoms with Crippen LogP contribution in [0, 0.1) is 19.8 Å². The Hall–Kier alpha value is -2.66. The van der Waals surface area contributed by atoms with E-state index in [9.17, 15) is 4.79 Å². The van der Waals surface area contributed by atoms with Crippen molar-refractivity contribution in [3.63, 3.8) is 0 Å². The lowest BCUT2D eigenvalue weighted by atomic mass is 10.0. The minimum absolute atomic E-state index is 0.0781. The van der Waals surface area contributed by atoms with E-state index in [0.717, 1.165) is 16.7 Å². The number of aromatic nitrogens is 2. The fourth-order valence-corrected chi connectivity index (χ4v) is 2.83. The molecule has 0 bridgehead atoms. The van der Waals surface area contributed by atoms with Gasteiger partial charge in [0.1, 0.15) is 6.04 Å². The number of carbonyl (C=O) groups excluding carboxylic acids is 1. The average molecular weight is 384 g/mol. The summed E-state index contributed by atoms with van der Waals surface area (Å²) in [7, 11) is 0. The van der Waals surface area contributed by atoms with Crippen LogP contribution in [-0.2, 0) is 0 Å². The molecule has 27 heavy (non-hydrogen) atoms. The summed E-state index contributed by atoms with van der Waals surface area (Å²) >= 11 is 6.19. The first-order valence-corrected chi connectivity index (χ1v) is 9.20. The van der Waals surface area contributed by atoms with Gasteiger partial charge in [-0.1, -0.05) is 60.4 Å². The molecular formula is C21H22ClN3O2. The minimum Gasteiger partial charge on any atom is -0.340 e. The highest BCUT2D eigenvalue weighted by Gasteiger charge is 2.25. The maximum absolute atomic E-state index is 12.6. The number of nitrogens with one attached hydrogen (secondary N) is 1. The molecule has 140 valence electrons. The first-order chi connectivity index (χ1) is 12.8. The third kappa shape index (κ3) is 4.37. The number of amides is 1. The molecule has 0 saturated carbocycles. The zero-order valence-electron chi connectivity index (χ0n) is 15.8. The van der Waals surface area contributed by atoms with E-state index in [4.69, 9.17) is 16.1 Å². The van der Waals surface area contributed by atoms with Gasteiger partial charge in [-0.2, -0.15) is 4.98 Å². The molecule has 2 aromatic carbocycles. The summed E-state index contributed by atoms with van der Waals surface area (Å²) in [5, 5.41) is 7.69. The van der Waals surface area contributed by atoms with Crippen LogP contribution in [0.1, 0.15) is 47.3 Å². The molecule has 0 aliphatic rings. The molecule has 1 N–H and O–H groups in total. The Kier molecular flexibility index (Phi) is 5.61. The first-order valence-electron chi connectivity index (χ1n) is 8.83. The highest BCUT2D eigenvalue weighted by molar-refractivity contribution is 6.31. The van der Waals surface area contributed by atoms with E-state index in [-0.39, 0.29) is 17.9 Å². The number of halogens is 1. The minimum atomic E-state index is -0.388. The van der Waals surface area contributed by atoms with E-state index >= 15 is 0 Å². The van der Waals surface area contributed by atoms with Crippen molar-refractivity contribution in [2.75, 3.05) is 0 Å². The molecule has 0 spiro atoms. The van der Waals surface area contributed by atoms with Gasteiger partial charge in [-0.25, -0.2) is 0 Å². The molecule has 0 radical (unpaired) electrons. The summed E-state index contributed by atoms with van der Waals surface area (Å²) in [5.41, 5.74) is 3.45. The summed E-state index contributed by atoms with van der Waals surface area (Å²) in [6.07, 6.45) is 0. The molecule has 3 aromatic rings. The predicted molar refractivity (Wildman–Crippen MR) is 106 cm³/mol. The monoisotopic (exact) mass is 383 g/mol. The van der Waals surface area contributed by atoms with Gasteiger partial charge in [-0.15, -0.1) is 0 Å². The van der Waals surface area contributed by atoms with Crippen molar-refractivity contribution in [1.82, 2.24) is 15.5 Å². The van der Waals surface area contributed by atoms with E-state index in [0.29, 0.717) is 22.3 Å². The number of hydrogen-bond donors (Lipinski definition) is 1. The van der Waals surface area contributed by atoms with Gasteiger partial charge in [0.25, 0.3) is 5.91 Å². The molecule has 3 rings (SSSR count). The summed E-state index contributed by atoms with van der Waals surface area (Å²) in [5.74, 6) is 0.723. The molecule has 1 atom stereocenters. The molecule has 0 fully saturated rings. The Balaban J connectivity index is 1.83. The molecule has 1 heterocycles. The lowest BCUT2D eigenvalue weighted by Crippen LogP contribution is -2.32. The highest BCUT2D eigenvalue weighted by atomic mass is 35.5. The van der Waals surface area contributed by atoms with Crippen LogP contribution in [0.3, 0.4) is 0 Å². The van der Waals surface area contributed by atoms with E-state index in [1.54, 1.807) is 18.2 Å². The lowest BCUT2D eigenvalue weighted by molar-refractivity contribution is 0.0914. The van der Waals surface area contributed by atoms with Crippen molar-refractivity contribution in [2.45, 2.75) is 33.7 Å². The van der Waals surface area contributed by atoms with Crippen LogP contribution in [0.2, 0.25) is 5.02 Å².